The number of hydrogen-bond acceptors (Lipinski definition) is 5. The smallest absolute Gasteiger partial charge is 0.475 e. The van der Waals surface area contributed by atoms with E-state index in [1.807, 2.05) is 0 Å². The molecular formula is C28H29Cl2F5N4O5. The lowest BCUT2D eigenvalue weighted by molar-refractivity contribution is -0.192. The van der Waals surface area contributed by atoms with Crippen LogP contribution in [0.2, 0.25) is 10.0 Å². The molecule has 44 heavy (non-hydrogen) atoms. The third kappa shape index (κ3) is 8.56. The number of aromatic nitrogens is 1. The maximum Gasteiger partial charge on any atom is 0.490 e. The Morgan fingerprint density at radius 3 is 2.09 bits per heavy atom. The molecule has 0 spiro atoms. The molecule has 240 valence electrons. The second-order valence-corrected chi connectivity index (χ2v) is 11.2. The predicted octanol–water partition coefficient (Wildman–Crippen LogP) is 5.02. The van der Waals surface area contributed by atoms with Gasteiger partial charge < -0.3 is 19.8 Å². The number of carboxylic acids is 1. The molecule has 1 aromatic heterocycles. The zero-order chi connectivity index (χ0) is 32.9. The van der Waals surface area contributed by atoms with Crippen molar-refractivity contribution in [1.82, 2.24) is 19.7 Å². The van der Waals surface area contributed by atoms with Crippen molar-refractivity contribution < 1.29 is 46.2 Å². The van der Waals surface area contributed by atoms with Gasteiger partial charge in [0.1, 0.15) is 5.82 Å². The number of carbonyl (C=O) groups is 4. The minimum absolute atomic E-state index is 0.00572. The Hall–Kier alpha value is -3.52. The highest BCUT2D eigenvalue weighted by Gasteiger charge is 2.40. The predicted molar refractivity (Wildman–Crippen MR) is 149 cm³/mol. The number of piperidine rings is 2. The van der Waals surface area contributed by atoms with Crippen LogP contribution in [0.1, 0.15) is 48.2 Å². The fourth-order valence-electron chi connectivity index (χ4n) is 5.26. The molecule has 2 fully saturated rings. The van der Waals surface area contributed by atoms with Crippen molar-refractivity contribution in [3.63, 3.8) is 0 Å². The molecule has 0 aliphatic carbocycles. The van der Waals surface area contributed by atoms with Crippen molar-refractivity contribution in [2.24, 2.45) is 5.92 Å². The number of rotatable bonds is 4. The van der Waals surface area contributed by atoms with Crippen LogP contribution in [-0.4, -0.2) is 93.9 Å². The van der Waals surface area contributed by atoms with Gasteiger partial charge in [-0.05, 0) is 37.0 Å². The number of benzene rings is 1. The van der Waals surface area contributed by atoms with E-state index in [9.17, 15) is 36.3 Å². The zero-order valence-corrected chi connectivity index (χ0v) is 25.1. The van der Waals surface area contributed by atoms with E-state index < -0.39 is 41.4 Å². The number of carboxylic acid groups (broad SMARTS) is 1. The second-order valence-electron chi connectivity index (χ2n) is 10.4. The van der Waals surface area contributed by atoms with Gasteiger partial charge in [0.15, 0.2) is 11.5 Å². The number of likely N-dealkylation sites (N-methyl/N-ethyl adjacent to an activating group) is 1. The summed E-state index contributed by atoms with van der Waals surface area (Å²) < 4.78 is 59.4. The number of alkyl halides is 3. The number of pyridine rings is 1. The summed E-state index contributed by atoms with van der Waals surface area (Å²) >= 11 is 12.4. The summed E-state index contributed by atoms with van der Waals surface area (Å²) in [6.45, 7) is 3.36. The maximum absolute atomic E-state index is 14.3. The van der Waals surface area contributed by atoms with Crippen molar-refractivity contribution >= 4 is 46.9 Å². The van der Waals surface area contributed by atoms with Gasteiger partial charge in [-0.1, -0.05) is 29.3 Å². The number of carbonyl (C=O) groups excluding carboxylic acids is 3. The van der Waals surface area contributed by atoms with Gasteiger partial charge >= 0.3 is 12.1 Å². The summed E-state index contributed by atoms with van der Waals surface area (Å²) in [5.74, 6) is -5.82. The number of likely N-dealkylation sites (tertiary alicyclic amines) is 2. The number of nitrogens with zero attached hydrogens (tertiary/aromatic N) is 4. The minimum atomic E-state index is -5.08. The first-order valence-electron chi connectivity index (χ1n) is 13.4. The molecule has 2 aliphatic heterocycles. The Bertz CT molecular complexity index is 1400. The molecule has 0 saturated carbocycles. The van der Waals surface area contributed by atoms with Gasteiger partial charge in [-0.25, -0.2) is 18.6 Å². The lowest BCUT2D eigenvalue weighted by Gasteiger charge is -2.44. The van der Waals surface area contributed by atoms with Crippen LogP contribution < -0.4 is 0 Å². The Morgan fingerprint density at radius 2 is 1.57 bits per heavy atom. The average molecular weight is 667 g/mol. The highest BCUT2D eigenvalue weighted by atomic mass is 35.5. The third-order valence-corrected chi connectivity index (χ3v) is 8.36. The third-order valence-electron chi connectivity index (χ3n) is 7.62. The standard InChI is InChI=1S/C26H28Cl2F2N4O3.C2HF3O2/c1-15(35)33-8-5-16(6-9-33)25(36)34-10-7-23(19(14-34)17-3-4-20(27)21(28)11-17)32(2)26(37)24-22(30)12-18(29)13-31-24;3-2(4,5)1(6)7/h3-4,11-13,16,19,23H,5-10,14H2,1-2H3;(H,6,7). The summed E-state index contributed by atoms with van der Waals surface area (Å²) in [5, 5.41) is 7.85. The average Bonchev–Trinajstić information content (AvgIpc) is 2.97. The molecule has 2 atom stereocenters. The van der Waals surface area contributed by atoms with E-state index in [1.54, 1.807) is 35.0 Å². The highest BCUT2D eigenvalue weighted by molar-refractivity contribution is 6.42. The second kappa shape index (κ2) is 14.5. The first-order chi connectivity index (χ1) is 20.5. The quantitative estimate of drug-likeness (QED) is 0.459. The molecular weight excluding hydrogens is 638 g/mol. The van der Waals surface area contributed by atoms with Crippen LogP contribution in [0.5, 0.6) is 0 Å². The number of aliphatic carboxylic acids is 1. The highest BCUT2D eigenvalue weighted by Crippen LogP contribution is 2.35. The molecule has 2 saturated heterocycles. The van der Waals surface area contributed by atoms with E-state index in [-0.39, 0.29) is 23.7 Å². The SMILES string of the molecule is CC(=O)N1CCC(C(=O)N2CCC(N(C)C(=O)c3ncc(F)cc3F)C(c3ccc(Cl)c(Cl)c3)C2)CC1.O=C(O)C(F)(F)F. The van der Waals surface area contributed by atoms with Crippen LogP contribution in [0.25, 0.3) is 0 Å². The molecule has 2 unspecified atom stereocenters. The van der Waals surface area contributed by atoms with Gasteiger partial charge in [-0.2, -0.15) is 13.2 Å². The Morgan fingerprint density at radius 1 is 0.977 bits per heavy atom. The lowest BCUT2D eigenvalue weighted by atomic mass is 9.84. The number of halogens is 7. The molecule has 9 nitrogen and oxygen atoms in total. The van der Waals surface area contributed by atoms with Crippen LogP contribution in [0, 0.1) is 17.6 Å². The van der Waals surface area contributed by atoms with Crippen LogP contribution >= 0.6 is 23.2 Å². The van der Waals surface area contributed by atoms with Gasteiger partial charge in [-0.15, -0.1) is 0 Å². The maximum atomic E-state index is 14.3. The van der Waals surface area contributed by atoms with Crippen molar-refractivity contribution in [2.75, 3.05) is 33.2 Å². The minimum Gasteiger partial charge on any atom is -0.475 e. The molecule has 3 amide bonds. The molecule has 4 rings (SSSR count). The first-order valence-corrected chi connectivity index (χ1v) is 14.1. The van der Waals surface area contributed by atoms with Gasteiger partial charge in [0.25, 0.3) is 5.91 Å². The van der Waals surface area contributed by atoms with Crippen LogP contribution in [0.4, 0.5) is 22.0 Å². The van der Waals surface area contributed by atoms with Crippen molar-refractivity contribution in [2.45, 2.75) is 44.3 Å². The molecule has 3 heterocycles. The van der Waals surface area contributed by atoms with E-state index in [4.69, 9.17) is 33.1 Å². The van der Waals surface area contributed by atoms with E-state index in [2.05, 4.69) is 4.98 Å². The first kappa shape index (κ1) is 35.0. The summed E-state index contributed by atoms with van der Waals surface area (Å²) in [5.41, 5.74) is 0.322. The fraction of sp³-hybridized carbons (Fsp3) is 0.464. The van der Waals surface area contributed by atoms with Crippen LogP contribution in [-0.2, 0) is 14.4 Å². The molecule has 1 N–H and O–H groups in total. The fourth-order valence-corrected chi connectivity index (χ4v) is 5.57. The Labute approximate surface area is 259 Å². The van der Waals surface area contributed by atoms with E-state index in [0.717, 1.165) is 11.8 Å². The molecule has 16 heteroatoms. The van der Waals surface area contributed by atoms with Gasteiger partial charge in [0.2, 0.25) is 11.8 Å². The van der Waals surface area contributed by atoms with Crippen molar-refractivity contribution in [3.8, 4) is 0 Å². The summed E-state index contributed by atoms with van der Waals surface area (Å²) in [6, 6.07) is 5.41. The van der Waals surface area contributed by atoms with Crippen molar-refractivity contribution in [3.05, 3.63) is 63.4 Å². The van der Waals surface area contributed by atoms with Gasteiger partial charge in [0.05, 0.1) is 16.2 Å². The number of amides is 3. The van der Waals surface area contributed by atoms with Gasteiger partial charge in [0, 0.05) is 64.1 Å². The number of hydrogen-bond donors (Lipinski definition) is 1. The van der Waals surface area contributed by atoms with Crippen LogP contribution in [0.15, 0.2) is 30.5 Å². The van der Waals surface area contributed by atoms with Crippen LogP contribution in [0.3, 0.4) is 0 Å². The molecule has 0 bridgehead atoms. The summed E-state index contributed by atoms with van der Waals surface area (Å²) in [6.07, 6.45) is -2.64. The van der Waals surface area contributed by atoms with E-state index in [0.29, 0.717) is 61.6 Å². The molecule has 1 aromatic carbocycles. The molecule has 2 aliphatic rings. The van der Waals surface area contributed by atoms with Gasteiger partial charge in [-0.3, -0.25) is 14.4 Å². The van der Waals surface area contributed by atoms with E-state index >= 15 is 0 Å². The van der Waals surface area contributed by atoms with Crippen molar-refractivity contribution in [1.29, 1.82) is 0 Å². The largest absolute Gasteiger partial charge is 0.490 e. The Kier molecular flexibility index (Phi) is 11.5. The van der Waals surface area contributed by atoms with E-state index in [1.165, 1.54) is 11.8 Å². The summed E-state index contributed by atoms with van der Waals surface area (Å²) in [4.78, 5) is 55.8. The normalized spacial score (nSPS) is 19.1. The molecule has 2 aromatic rings. The summed E-state index contributed by atoms with van der Waals surface area (Å²) in [7, 11) is 1.55. The molecule has 0 radical (unpaired) electrons. The monoisotopic (exact) mass is 666 g/mol. The topological polar surface area (TPSA) is 111 Å². The lowest BCUT2D eigenvalue weighted by Crippen LogP contribution is -2.53. The Balaban J connectivity index is 0.000000676. The zero-order valence-electron chi connectivity index (χ0n) is 23.6.